The van der Waals surface area contributed by atoms with Crippen molar-refractivity contribution in [2.75, 3.05) is 18.0 Å². The van der Waals surface area contributed by atoms with Crippen LogP contribution in [0.25, 0.3) is 0 Å². The number of hydrogen-bond acceptors (Lipinski definition) is 5. The van der Waals surface area contributed by atoms with E-state index in [-0.39, 0.29) is 6.04 Å². The number of nitrogens with zero attached hydrogens (tertiary/aromatic N) is 4. The molecule has 0 aromatic carbocycles. The second-order valence-electron chi connectivity index (χ2n) is 3.47. The number of aryl methyl sites for hydroxylation is 1. The minimum absolute atomic E-state index is 0.213. The maximum absolute atomic E-state index is 8.73. The van der Waals surface area contributed by atoms with Gasteiger partial charge < -0.3 is 10.6 Å². The van der Waals surface area contributed by atoms with Crippen LogP contribution in [0.2, 0.25) is 0 Å². The number of rotatable bonds is 1. The van der Waals surface area contributed by atoms with Gasteiger partial charge in [-0.1, -0.05) is 0 Å². The third-order valence-corrected chi connectivity index (χ3v) is 2.15. The summed E-state index contributed by atoms with van der Waals surface area (Å²) in [7, 11) is 0. The van der Waals surface area contributed by atoms with Gasteiger partial charge in [0.25, 0.3) is 0 Å². The largest absolute Gasteiger partial charge is 0.338 e. The van der Waals surface area contributed by atoms with Crippen LogP contribution in [0.4, 0.5) is 5.95 Å². The Morgan fingerprint density at radius 2 is 2.29 bits per heavy atom. The van der Waals surface area contributed by atoms with Gasteiger partial charge in [-0.2, -0.15) is 5.26 Å². The molecule has 0 amide bonds. The fourth-order valence-corrected chi connectivity index (χ4v) is 1.43. The summed E-state index contributed by atoms with van der Waals surface area (Å²) in [6.07, 6.45) is 0. The van der Waals surface area contributed by atoms with Crippen molar-refractivity contribution in [1.82, 2.24) is 9.97 Å². The van der Waals surface area contributed by atoms with Gasteiger partial charge in [0, 0.05) is 24.8 Å². The molecule has 1 aliphatic heterocycles. The first-order chi connectivity index (χ1) is 6.69. The van der Waals surface area contributed by atoms with Crippen LogP contribution in [-0.4, -0.2) is 29.1 Å². The van der Waals surface area contributed by atoms with Crippen molar-refractivity contribution in [2.45, 2.75) is 13.0 Å². The van der Waals surface area contributed by atoms with Gasteiger partial charge in [0.2, 0.25) is 5.95 Å². The number of hydrogen-bond donors (Lipinski definition) is 1. The molecular weight excluding hydrogens is 178 g/mol. The van der Waals surface area contributed by atoms with Crippen LogP contribution in [-0.2, 0) is 0 Å². The zero-order valence-corrected chi connectivity index (χ0v) is 7.94. The van der Waals surface area contributed by atoms with E-state index in [1.54, 1.807) is 6.07 Å². The lowest BCUT2D eigenvalue weighted by Gasteiger charge is -2.36. The van der Waals surface area contributed by atoms with E-state index in [4.69, 9.17) is 11.0 Å². The van der Waals surface area contributed by atoms with E-state index < -0.39 is 0 Å². The molecule has 0 saturated carbocycles. The molecular formula is C9H11N5. The number of anilines is 1. The molecule has 1 aromatic rings. The normalized spacial score (nSPS) is 16.2. The molecule has 1 aliphatic rings. The van der Waals surface area contributed by atoms with Crippen LogP contribution in [0.3, 0.4) is 0 Å². The average molecular weight is 189 g/mol. The predicted octanol–water partition coefficient (Wildman–Crippen LogP) is -0.196. The highest BCUT2D eigenvalue weighted by Crippen LogP contribution is 2.15. The molecule has 5 heteroatoms. The molecule has 2 rings (SSSR count). The van der Waals surface area contributed by atoms with E-state index in [2.05, 4.69) is 9.97 Å². The molecule has 0 bridgehead atoms. The highest BCUT2D eigenvalue weighted by Gasteiger charge is 2.25. The Morgan fingerprint density at radius 3 is 2.86 bits per heavy atom. The van der Waals surface area contributed by atoms with E-state index >= 15 is 0 Å². The van der Waals surface area contributed by atoms with Gasteiger partial charge in [-0.25, -0.2) is 9.97 Å². The van der Waals surface area contributed by atoms with E-state index in [9.17, 15) is 0 Å². The molecule has 0 unspecified atom stereocenters. The Labute approximate surface area is 82.2 Å². The third kappa shape index (κ3) is 1.52. The quantitative estimate of drug-likeness (QED) is 0.662. The minimum Gasteiger partial charge on any atom is -0.338 e. The first kappa shape index (κ1) is 8.91. The van der Waals surface area contributed by atoms with Crippen molar-refractivity contribution in [3.05, 3.63) is 17.5 Å². The van der Waals surface area contributed by atoms with Crippen molar-refractivity contribution in [1.29, 1.82) is 5.26 Å². The smallest absolute Gasteiger partial charge is 0.226 e. The van der Waals surface area contributed by atoms with Gasteiger partial charge in [-0.3, -0.25) is 0 Å². The summed E-state index contributed by atoms with van der Waals surface area (Å²) in [6.45, 7) is 3.40. The molecule has 14 heavy (non-hydrogen) atoms. The summed E-state index contributed by atoms with van der Waals surface area (Å²) in [4.78, 5) is 10.3. The highest BCUT2D eigenvalue weighted by atomic mass is 15.3. The second kappa shape index (κ2) is 3.24. The first-order valence-electron chi connectivity index (χ1n) is 4.45. The van der Waals surface area contributed by atoms with Crippen LogP contribution >= 0.6 is 0 Å². The second-order valence-corrected chi connectivity index (χ2v) is 3.47. The Kier molecular flexibility index (Phi) is 2.06. The molecule has 2 N–H and O–H groups in total. The van der Waals surface area contributed by atoms with Crippen LogP contribution < -0.4 is 10.6 Å². The molecule has 72 valence electrons. The van der Waals surface area contributed by atoms with Gasteiger partial charge in [0.05, 0.1) is 0 Å². The molecule has 2 heterocycles. The lowest BCUT2D eigenvalue weighted by Crippen LogP contribution is -2.56. The zero-order chi connectivity index (χ0) is 10.1. The standard InChI is InChI=1S/C9H11N5/c1-6-2-8(3-10)13-9(12-6)14-4-7(11)5-14/h2,7H,4-5,11H2,1H3. The molecule has 1 aromatic heterocycles. The Bertz CT molecular complexity index is 389. The number of nitrogens with two attached hydrogens (primary N) is 1. The summed E-state index contributed by atoms with van der Waals surface area (Å²) in [5, 5.41) is 8.73. The maximum Gasteiger partial charge on any atom is 0.226 e. The maximum atomic E-state index is 8.73. The first-order valence-corrected chi connectivity index (χ1v) is 4.45. The average Bonchev–Trinajstić information content (AvgIpc) is 2.12. The van der Waals surface area contributed by atoms with E-state index in [1.807, 2.05) is 17.9 Å². The van der Waals surface area contributed by atoms with Crippen molar-refractivity contribution in [3.8, 4) is 6.07 Å². The van der Waals surface area contributed by atoms with Crippen LogP contribution in [0.15, 0.2) is 6.07 Å². The molecule has 0 aliphatic carbocycles. The zero-order valence-electron chi connectivity index (χ0n) is 7.94. The van der Waals surface area contributed by atoms with Gasteiger partial charge in [0.15, 0.2) is 0 Å². The van der Waals surface area contributed by atoms with Crippen LogP contribution in [0, 0.1) is 18.3 Å². The van der Waals surface area contributed by atoms with Crippen LogP contribution in [0.5, 0.6) is 0 Å². The topological polar surface area (TPSA) is 78.8 Å². The molecule has 1 fully saturated rings. The molecule has 1 saturated heterocycles. The van der Waals surface area contributed by atoms with Crippen molar-refractivity contribution in [2.24, 2.45) is 5.73 Å². The predicted molar refractivity (Wildman–Crippen MR) is 51.7 cm³/mol. The van der Waals surface area contributed by atoms with Crippen molar-refractivity contribution in [3.63, 3.8) is 0 Å². The molecule has 5 nitrogen and oxygen atoms in total. The van der Waals surface area contributed by atoms with Crippen LogP contribution in [0.1, 0.15) is 11.4 Å². The van der Waals surface area contributed by atoms with Crippen molar-refractivity contribution < 1.29 is 0 Å². The fraction of sp³-hybridized carbons (Fsp3) is 0.444. The SMILES string of the molecule is Cc1cc(C#N)nc(N2CC(N)C2)n1. The van der Waals surface area contributed by atoms with E-state index in [1.165, 1.54) is 0 Å². The van der Waals surface area contributed by atoms with Gasteiger partial charge in [0.1, 0.15) is 11.8 Å². The van der Waals surface area contributed by atoms with Gasteiger partial charge in [-0.15, -0.1) is 0 Å². The Morgan fingerprint density at radius 1 is 1.57 bits per heavy atom. The summed E-state index contributed by atoms with van der Waals surface area (Å²) in [6, 6.07) is 3.90. The fourth-order valence-electron chi connectivity index (χ4n) is 1.43. The third-order valence-electron chi connectivity index (χ3n) is 2.15. The molecule has 0 spiro atoms. The minimum atomic E-state index is 0.213. The Hall–Kier alpha value is -1.67. The van der Waals surface area contributed by atoms with Gasteiger partial charge in [-0.05, 0) is 13.0 Å². The monoisotopic (exact) mass is 189 g/mol. The van der Waals surface area contributed by atoms with Crippen molar-refractivity contribution >= 4 is 5.95 Å². The number of nitriles is 1. The Balaban J connectivity index is 2.26. The summed E-state index contributed by atoms with van der Waals surface area (Å²) in [5.74, 6) is 0.614. The summed E-state index contributed by atoms with van der Waals surface area (Å²) < 4.78 is 0. The summed E-state index contributed by atoms with van der Waals surface area (Å²) in [5.41, 5.74) is 6.87. The molecule has 0 atom stereocenters. The van der Waals surface area contributed by atoms with Gasteiger partial charge >= 0.3 is 0 Å². The number of aromatic nitrogens is 2. The lowest BCUT2D eigenvalue weighted by atomic mass is 10.1. The summed E-state index contributed by atoms with van der Waals surface area (Å²) >= 11 is 0. The highest BCUT2D eigenvalue weighted by molar-refractivity contribution is 5.39. The lowest BCUT2D eigenvalue weighted by molar-refractivity contribution is 0.508. The van der Waals surface area contributed by atoms with E-state index in [0.717, 1.165) is 18.8 Å². The molecule has 0 radical (unpaired) electrons. The van der Waals surface area contributed by atoms with E-state index in [0.29, 0.717) is 11.6 Å².